The van der Waals surface area contributed by atoms with Crippen LogP contribution in [0, 0.1) is 0 Å². The molecule has 0 aliphatic rings. The Labute approximate surface area is 101 Å². The maximum absolute atomic E-state index is 5.48. The highest BCUT2D eigenvalue weighted by Crippen LogP contribution is 2.04. The van der Waals surface area contributed by atoms with Crippen LogP contribution in [0.5, 0.6) is 0 Å². The van der Waals surface area contributed by atoms with Crippen LogP contribution < -0.4 is 5.73 Å². The maximum atomic E-state index is 5.48. The Kier molecular flexibility index (Phi) is 4.21. The van der Waals surface area contributed by atoms with Crippen LogP contribution in [0.2, 0.25) is 0 Å². The average molecular weight is 231 g/mol. The summed E-state index contributed by atoms with van der Waals surface area (Å²) < 4.78 is 1.84. The molecule has 0 unspecified atom stereocenters. The zero-order valence-corrected chi connectivity index (χ0v) is 9.79. The third kappa shape index (κ3) is 3.35. The summed E-state index contributed by atoms with van der Waals surface area (Å²) in [4.78, 5) is 0. The number of hydrogen-bond acceptors (Lipinski definition) is 4. The predicted octanol–water partition coefficient (Wildman–Crippen LogP) is 0.807. The van der Waals surface area contributed by atoms with E-state index >= 15 is 0 Å². The Hall–Kier alpha value is -1.75. The van der Waals surface area contributed by atoms with Crippen molar-refractivity contribution in [1.29, 1.82) is 0 Å². The standard InChI is InChI=1S/C12H17N5/c13-9-4-10-17-12(14-15-16-17)8-7-11-5-2-1-3-6-11/h1-3,5-6H,4,7-10,13H2. The fraction of sp³-hybridized carbons (Fsp3) is 0.417. The number of nitrogens with zero attached hydrogens (tertiary/aromatic N) is 4. The lowest BCUT2D eigenvalue weighted by Crippen LogP contribution is -2.11. The Morgan fingerprint density at radius 1 is 1.12 bits per heavy atom. The smallest absolute Gasteiger partial charge is 0.151 e. The van der Waals surface area contributed by atoms with Gasteiger partial charge in [-0.1, -0.05) is 30.3 Å². The molecule has 1 heterocycles. The number of benzene rings is 1. The van der Waals surface area contributed by atoms with Crippen LogP contribution in [-0.4, -0.2) is 26.8 Å². The average Bonchev–Trinajstić information content (AvgIpc) is 2.82. The van der Waals surface area contributed by atoms with Crippen LogP contribution in [-0.2, 0) is 19.4 Å². The van der Waals surface area contributed by atoms with Crippen molar-refractivity contribution >= 4 is 0 Å². The SMILES string of the molecule is NCCCn1nnnc1CCc1ccccc1. The van der Waals surface area contributed by atoms with Gasteiger partial charge in [-0.3, -0.25) is 0 Å². The molecular weight excluding hydrogens is 214 g/mol. The summed E-state index contributed by atoms with van der Waals surface area (Å²) in [6, 6.07) is 10.4. The van der Waals surface area contributed by atoms with E-state index in [2.05, 4.69) is 27.7 Å². The molecule has 0 atom stereocenters. The van der Waals surface area contributed by atoms with Crippen molar-refractivity contribution in [2.24, 2.45) is 5.73 Å². The lowest BCUT2D eigenvalue weighted by atomic mass is 10.1. The number of aromatic nitrogens is 4. The van der Waals surface area contributed by atoms with Gasteiger partial charge in [0.15, 0.2) is 5.82 Å². The van der Waals surface area contributed by atoms with Gasteiger partial charge in [0, 0.05) is 13.0 Å². The Balaban J connectivity index is 1.92. The highest BCUT2D eigenvalue weighted by molar-refractivity contribution is 5.15. The molecule has 17 heavy (non-hydrogen) atoms. The van der Waals surface area contributed by atoms with E-state index in [9.17, 15) is 0 Å². The molecule has 5 heteroatoms. The molecule has 2 rings (SSSR count). The molecular formula is C12H17N5. The molecule has 0 radical (unpaired) electrons. The lowest BCUT2D eigenvalue weighted by Gasteiger charge is -2.03. The summed E-state index contributed by atoms with van der Waals surface area (Å²) in [6.45, 7) is 1.46. The summed E-state index contributed by atoms with van der Waals surface area (Å²) in [5, 5.41) is 11.7. The molecule has 0 spiro atoms. The zero-order chi connectivity index (χ0) is 11.9. The van der Waals surface area contributed by atoms with Crippen LogP contribution in [0.25, 0.3) is 0 Å². The van der Waals surface area contributed by atoms with E-state index in [0.29, 0.717) is 6.54 Å². The fourth-order valence-electron chi connectivity index (χ4n) is 1.72. The van der Waals surface area contributed by atoms with Crippen LogP contribution in [0.15, 0.2) is 30.3 Å². The fourth-order valence-corrected chi connectivity index (χ4v) is 1.72. The number of nitrogens with two attached hydrogens (primary N) is 1. The van der Waals surface area contributed by atoms with Gasteiger partial charge in [0.25, 0.3) is 0 Å². The largest absolute Gasteiger partial charge is 0.330 e. The molecule has 0 saturated heterocycles. The van der Waals surface area contributed by atoms with Gasteiger partial charge < -0.3 is 5.73 Å². The number of tetrazole rings is 1. The summed E-state index contributed by atoms with van der Waals surface area (Å²) in [7, 11) is 0. The van der Waals surface area contributed by atoms with Gasteiger partial charge in [0.05, 0.1) is 0 Å². The van der Waals surface area contributed by atoms with Crippen molar-refractivity contribution in [3.63, 3.8) is 0 Å². The monoisotopic (exact) mass is 231 g/mol. The molecule has 0 aliphatic carbocycles. The van der Waals surface area contributed by atoms with Crippen LogP contribution in [0.3, 0.4) is 0 Å². The quantitative estimate of drug-likeness (QED) is 0.798. The minimum atomic E-state index is 0.665. The van der Waals surface area contributed by atoms with Crippen molar-refractivity contribution in [3.8, 4) is 0 Å². The van der Waals surface area contributed by atoms with E-state index < -0.39 is 0 Å². The van der Waals surface area contributed by atoms with Gasteiger partial charge in [0.1, 0.15) is 0 Å². The van der Waals surface area contributed by atoms with Gasteiger partial charge in [-0.2, -0.15) is 0 Å². The second-order valence-electron chi connectivity index (χ2n) is 3.95. The normalized spacial score (nSPS) is 10.6. The zero-order valence-electron chi connectivity index (χ0n) is 9.79. The van der Waals surface area contributed by atoms with Gasteiger partial charge in [-0.05, 0) is 35.4 Å². The van der Waals surface area contributed by atoms with E-state index in [1.54, 1.807) is 0 Å². The van der Waals surface area contributed by atoms with Gasteiger partial charge in [-0.15, -0.1) is 5.10 Å². The van der Waals surface area contributed by atoms with Crippen molar-refractivity contribution in [1.82, 2.24) is 20.2 Å². The summed E-state index contributed by atoms with van der Waals surface area (Å²) >= 11 is 0. The molecule has 90 valence electrons. The molecule has 2 N–H and O–H groups in total. The van der Waals surface area contributed by atoms with E-state index in [0.717, 1.165) is 31.6 Å². The highest BCUT2D eigenvalue weighted by atomic mass is 15.5. The van der Waals surface area contributed by atoms with Crippen LogP contribution in [0.4, 0.5) is 0 Å². The van der Waals surface area contributed by atoms with Gasteiger partial charge in [-0.25, -0.2) is 4.68 Å². The minimum absolute atomic E-state index is 0.665. The molecule has 0 aliphatic heterocycles. The number of rotatable bonds is 6. The maximum Gasteiger partial charge on any atom is 0.151 e. The molecule has 1 aromatic carbocycles. The summed E-state index contributed by atoms with van der Waals surface area (Å²) in [6.07, 6.45) is 2.73. The van der Waals surface area contributed by atoms with Crippen LogP contribution in [0.1, 0.15) is 17.8 Å². The Morgan fingerprint density at radius 3 is 2.71 bits per heavy atom. The number of hydrogen-bond donors (Lipinski definition) is 1. The number of aryl methyl sites for hydroxylation is 3. The van der Waals surface area contributed by atoms with E-state index in [-0.39, 0.29) is 0 Å². The predicted molar refractivity (Wildman–Crippen MR) is 65.3 cm³/mol. The van der Waals surface area contributed by atoms with E-state index in [1.165, 1.54) is 5.56 Å². The van der Waals surface area contributed by atoms with Crippen molar-refractivity contribution < 1.29 is 0 Å². The first-order valence-corrected chi connectivity index (χ1v) is 5.89. The van der Waals surface area contributed by atoms with E-state index in [1.807, 2.05) is 22.9 Å². The molecule has 0 bridgehead atoms. The third-order valence-electron chi connectivity index (χ3n) is 2.66. The van der Waals surface area contributed by atoms with E-state index in [4.69, 9.17) is 5.73 Å². The first-order chi connectivity index (χ1) is 8.40. The minimum Gasteiger partial charge on any atom is -0.330 e. The molecule has 0 saturated carbocycles. The van der Waals surface area contributed by atoms with Gasteiger partial charge >= 0.3 is 0 Å². The van der Waals surface area contributed by atoms with Crippen molar-refractivity contribution in [3.05, 3.63) is 41.7 Å². The van der Waals surface area contributed by atoms with Gasteiger partial charge in [0.2, 0.25) is 0 Å². The Bertz CT molecular complexity index is 437. The first kappa shape index (κ1) is 11.7. The second-order valence-corrected chi connectivity index (χ2v) is 3.95. The van der Waals surface area contributed by atoms with Crippen LogP contribution >= 0.6 is 0 Å². The molecule has 0 fully saturated rings. The molecule has 1 aromatic heterocycles. The highest BCUT2D eigenvalue weighted by Gasteiger charge is 2.05. The topological polar surface area (TPSA) is 69.6 Å². The second kappa shape index (κ2) is 6.10. The molecule has 5 nitrogen and oxygen atoms in total. The first-order valence-electron chi connectivity index (χ1n) is 5.89. The summed E-state index contributed by atoms with van der Waals surface area (Å²) in [5.41, 5.74) is 6.78. The lowest BCUT2D eigenvalue weighted by molar-refractivity contribution is 0.541. The van der Waals surface area contributed by atoms with Crippen molar-refractivity contribution in [2.75, 3.05) is 6.54 Å². The third-order valence-corrected chi connectivity index (χ3v) is 2.66. The van der Waals surface area contributed by atoms with Crippen molar-refractivity contribution in [2.45, 2.75) is 25.8 Å². The molecule has 0 amide bonds. The summed E-state index contributed by atoms with van der Waals surface area (Å²) in [5.74, 6) is 0.933. The molecule has 2 aromatic rings. The Morgan fingerprint density at radius 2 is 1.94 bits per heavy atom.